The van der Waals surface area contributed by atoms with Gasteiger partial charge in [-0.2, -0.15) is 4.98 Å². The molecule has 0 saturated heterocycles. The third-order valence-corrected chi connectivity index (χ3v) is 5.70. The van der Waals surface area contributed by atoms with Gasteiger partial charge in [-0.3, -0.25) is 9.59 Å². The molecule has 0 spiro atoms. The van der Waals surface area contributed by atoms with E-state index in [4.69, 9.17) is 4.52 Å². The first-order valence-corrected chi connectivity index (χ1v) is 10.8. The molecule has 1 amide bonds. The number of aromatic nitrogens is 3. The largest absolute Gasteiger partial charge is 0.333 e. The Balaban J connectivity index is 1.66. The number of hydrogen-bond acceptors (Lipinski definition) is 5. The maximum atomic E-state index is 13.3. The zero-order chi connectivity index (χ0) is 22.8. The average molecular weight is 493 g/mol. The number of carbonyl (C=O) groups is 1. The van der Waals surface area contributed by atoms with Crippen molar-refractivity contribution in [2.75, 3.05) is 5.32 Å². The number of benzene rings is 2. The Labute approximate surface area is 193 Å². The van der Waals surface area contributed by atoms with Gasteiger partial charge in [0.2, 0.25) is 11.7 Å². The first kappa shape index (κ1) is 21.7. The minimum Gasteiger partial charge on any atom is -0.333 e. The highest BCUT2D eigenvalue weighted by molar-refractivity contribution is 9.10. The molecule has 162 valence electrons. The lowest BCUT2D eigenvalue weighted by atomic mass is 10.1. The lowest BCUT2D eigenvalue weighted by Gasteiger charge is -2.14. The van der Waals surface area contributed by atoms with Crippen LogP contribution in [-0.2, 0) is 11.3 Å². The van der Waals surface area contributed by atoms with E-state index in [2.05, 4.69) is 31.4 Å². The normalized spacial score (nSPS) is 10.9. The molecule has 4 rings (SSSR count). The van der Waals surface area contributed by atoms with Gasteiger partial charge < -0.3 is 14.4 Å². The molecule has 0 unspecified atom stereocenters. The first-order chi connectivity index (χ1) is 15.3. The molecule has 0 saturated carbocycles. The summed E-state index contributed by atoms with van der Waals surface area (Å²) in [6.45, 7) is 5.39. The van der Waals surface area contributed by atoms with E-state index in [1.54, 1.807) is 6.92 Å². The molecule has 32 heavy (non-hydrogen) atoms. The van der Waals surface area contributed by atoms with Gasteiger partial charge >= 0.3 is 0 Å². The standard InChI is InChI=1S/C24H21BrN4O3/c1-14-6-4-5-7-19(14)26-20(30)13-29-16(3)12-15(2)21(24(29)31)23-27-22(28-32-23)17-8-10-18(25)11-9-17/h4-12H,13H2,1-3H3,(H,26,30). The van der Waals surface area contributed by atoms with Crippen LogP contribution in [0.25, 0.3) is 22.8 Å². The fraction of sp³-hybridized carbons (Fsp3) is 0.167. The number of nitrogens with one attached hydrogen (secondary N) is 1. The number of aryl methyl sites for hydroxylation is 3. The van der Waals surface area contributed by atoms with Crippen molar-refractivity contribution in [1.29, 1.82) is 0 Å². The van der Waals surface area contributed by atoms with E-state index < -0.39 is 0 Å². The molecule has 0 radical (unpaired) electrons. The maximum Gasteiger partial charge on any atom is 0.264 e. The second-order valence-corrected chi connectivity index (χ2v) is 8.44. The number of para-hydroxylation sites is 1. The SMILES string of the molecule is Cc1ccccc1NC(=O)Cn1c(C)cc(C)c(-c2nc(-c3ccc(Br)cc3)no2)c1=O. The van der Waals surface area contributed by atoms with E-state index in [1.165, 1.54) is 4.57 Å². The summed E-state index contributed by atoms with van der Waals surface area (Å²) < 4.78 is 7.77. The Morgan fingerprint density at radius 3 is 2.50 bits per heavy atom. The van der Waals surface area contributed by atoms with Crippen molar-refractivity contribution in [3.63, 3.8) is 0 Å². The van der Waals surface area contributed by atoms with Gasteiger partial charge in [0.25, 0.3) is 11.4 Å². The van der Waals surface area contributed by atoms with Gasteiger partial charge in [0.15, 0.2) is 0 Å². The molecule has 2 aromatic heterocycles. The number of rotatable bonds is 5. The van der Waals surface area contributed by atoms with Gasteiger partial charge in [0.05, 0.1) is 0 Å². The zero-order valence-electron chi connectivity index (χ0n) is 17.8. The molecule has 0 atom stereocenters. The van der Waals surface area contributed by atoms with Gasteiger partial charge in [-0.1, -0.05) is 39.3 Å². The summed E-state index contributed by atoms with van der Waals surface area (Å²) in [5.74, 6) is 0.217. The second-order valence-electron chi connectivity index (χ2n) is 7.53. The smallest absolute Gasteiger partial charge is 0.264 e. The number of amides is 1. The molecule has 0 bridgehead atoms. The van der Waals surface area contributed by atoms with E-state index in [0.29, 0.717) is 22.8 Å². The van der Waals surface area contributed by atoms with Crippen molar-refractivity contribution in [2.45, 2.75) is 27.3 Å². The molecule has 2 aromatic carbocycles. The van der Waals surface area contributed by atoms with Gasteiger partial charge in [0.1, 0.15) is 12.1 Å². The van der Waals surface area contributed by atoms with Crippen LogP contribution in [0.5, 0.6) is 0 Å². The highest BCUT2D eigenvalue weighted by Gasteiger charge is 2.20. The molecule has 4 aromatic rings. The Kier molecular flexibility index (Phi) is 6.05. The van der Waals surface area contributed by atoms with E-state index in [1.807, 2.05) is 68.4 Å². The van der Waals surface area contributed by atoms with Crippen LogP contribution in [0.4, 0.5) is 5.69 Å². The summed E-state index contributed by atoms with van der Waals surface area (Å²) in [4.78, 5) is 30.4. The van der Waals surface area contributed by atoms with Crippen molar-refractivity contribution < 1.29 is 9.32 Å². The third-order valence-electron chi connectivity index (χ3n) is 5.17. The Morgan fingerprint density at radius 2 is 1.78 bits per heavy atom. The van der Waals surface area contributed by atoms with E-state index in [0.717, 1.165) is 15.6 Å². The number of hydrogen-bond donors (Lipinski definition) is 1. The second kappa shape index (κ2) is 8.92. The third kappa shape index (κ3) is 4.40. The van der Waals surface area contributed by atoms with Crippen LogP contribution in [0, 0.1) is 20.8 Å². The minimum absolute atomic E-state index is 0.124. The van der Waals surface area contributed by atoms with Crippen LogP contribution < -0.4 is 10.9 Å². The summed E-state index contributed by atoms with van der Waals surface area (Å²) in [6, 6.07) is 16.8. The average Bonchev–Trinajstić information content (AvgIpc) is 3.23. The van der Waals surface area contributed by atoms with Crippen molar-refractivity contribution in [2.24, 2.45) is 0 Å². The van der Waals surface area contributed by atoms with Crippen LogP contribution in [-0.4, -0.2) is 20.6 Å². The van der Waals surface area contributed by atoms with Crippen LogP contribution >= 0.6 is 15.9 Å². The molecule has 0 aliphatic heterocycles. The Morgan fingerprint density at radius 1 is 1.06 bits per heavy atom. The van der Waals surface area contributed by atoms with Gasteiger partial charge in [0, 0.05) is 21.4 Å². The lowest BCUT2D eigenvalue weighted by molar-refractivity contribution is -0.116. The fourth-order valence-corrected chi connectivity index (χ4v) is 3.74. The molecule has 0 aliphatic rings. The molecule has 0 fully saturated rings. The van der Waals surface area contributed by atoms with Crippen LogP contribution in [0.2, 0.25) is 0 Å². The van der Waals surface area contributed by atoms with Crippen molar-refractivity contribution in [3.05, 3.63) is 86.2 Å². The van der Waals surface area contributed by atoms with E-state index in [-0.39, 0.29) is 29.5 Å². The first-order valence-electron chi connectivity index (χ1n) is 10.00. The summed E-state index contributed by atoms with van der Waals surface area (Å²) in [7, 11) is 0. The topological polar surface area (TPSA) is 90.0 Å². The molecule has 1 N–H and O–H groups in total. The molecular weight excluding hydrogens is 472 g/mol. The zero-order valence-corrected chi connectivity index (χ0v) is 19.4. The Hall–Kier alpha value is -3.52. The molecule has 7 nitrogen and oxygen atoms in total. The highest BCUT2D eigenvalue weighted by atomic mass is 79.9. The van der Waals surface area contributed by atoms with Gasteiger partial charge in [-0.25, -0.2) is 0 Å². The quantitative estimate of drug-likeness (QED) is 0.428. The summed E-state index contributed by atoms with van der Waals surface area (Å²) in [6.07, 6.45) is 0. The molecule has 8 heteroatoms. The van der Waals surface area contributed by atoms with E-state index >= 15 is 0 Å². The molecule has 2 heterocycles. The highest BCUT2D eigenvalue weighted by Crippen LogP contribution is 2.24. The van der Waals surface area contributed by atoms with Crippen molar-refractivity contribution in [3.8, 4) is 22.8 Å². The predicted molar refractivity (Wildman–Crippen MR) is 126 cm³/mol. The summed E-state index contributed by atoms with van der Waals surface area (Å²) in [5, 5.41) is 6.89. The molecular formula is C24H21BrN4O3. The summed E-state index contributed by atoms with van der Waals surface area (Å²) in [5.41, 5.74) is 3.74. The van der Waals surface area contributed by atoms with Crippen LogP contribution in [0.15, 0.2) is 68.4 Å². The number of nitrogens with zero attached hydrogens (tertiary/aromatic N) is 3. The van der Waals surface area contributed by atoms with Crippen LogP contribution in [0.1, 0.15) is 16.8 Å². The fourth-order valence-electron chi connectivity index (χ4n) is 3.47. The van der Waals surface area contributed by atoms with Gasteiger partial charge in [-0.05, 0) is 68.3 Å². The van der Waals surface area contributed by atoms with E-state index in [9.17, 15) is 9.59 Å². The maximum absolute atomic E-state index is 13.3. The lowest BCUT2D eigenvalue weighted by Crippen LogP contribution is -2.30. The minimum atomic E-state index is -0.353. The molecule has 0 aliphatic carbocycles. The number of pyridine rings is 1. The van der Waals surface area contributed by atoms with Crippen LogP contribution in [0.3, 0.4) is 0 Å². The predicted octanol–water partition coefficient (Wildman–Crippen LogP) is 4.89. The van der Waals surface area contributed by atoms with Crippen molar-refractivity contribution in [1.82, 2.24) is 14.7 Å². The number of carbonyl (C=O) groups excluding carboxylic acids is 1. The van der Waals surface area contributed by atoms with Gasteiger partial charge in [-0.15, -0.1) is 0 Å². The number of halogens is 1. The monoisotopic (exact) mass is 492 g/mol. The summed E-state index contributed by atoms with van der Waals surface area (Å²) >= 11 is 3.40. The number of anilines is 1. The van der Waals surface area contributed by atoms with Crippen molar-refractivity contribution >= 4 is 27.5 Å². The Bertz CT molecular complexity index is 1360.